The number of aromatic nitrogens is 2. The number of nitrogens with one attached hydrogen (secondary N) is 2. The molecule has 2 aliphatic rings. The molecule has 88 valence electrons. The molecule has 0 bridgehead atoms. The van der Waals surface area contributed by atoms with Crippen molar-refractivity contribution in [3.63, 3.8) is 0 Å². The smallest absolute Gasteiger partial charge is 0.226 e. The largest absolute Gasteiger partial charge is 0.366 e. The average molecular weight is 250 g/mol. The minimum absolute atomic E-state index is 0.216. The third kappa shape index (κ3) is 2.42. The highest BCUT2D eigenvalue weighted by Crippen LogP contribution is 2.30. The van der Waals surface area contributed by atoms with E-state index in [1.54, 1.807) is 0 Å². The van der Waals surface area contributed by atoms with Crippen molar-refractivity contribution in [3.05, 3.63) is 10.7 Å². The molecule has 0 amide bonds. The standard InChI is InChI=1S/C11H12ClN5/c12-9-8(5-13)10(14-6-1-2-6)17-11(16-9)15-7-3-4-7/h6-7H,1-4H2,(H2,14,15,16,17). The second kappa shape index (κ2) is 4.04. The summed E-state index contributed by atoms with van der Waals surface area (Å²) in [5.41, 5.74) is 0.333. The summed E-state index contributed by atoms with van der Waals surface area (Å²) in [6, 6.07) is 2.94. The molecular weight excluding hydrogens is 238 g/mol. The van der Waals surface area contributed by atoms with Crippen molar-refractivity contribution in [2.24, 2.45) is 0 Å². The molecule has 0 aromatic carbocycles. The molecule has 0 spiro atoms. The molecule has 2 aliphatic carbocycles. The third-order valence-corrected chi connectivity index (χ3v) is 3.08. The molecule has 0 aliphatic heterocycles. The molecule has 1 aromatic heterocycles. The number of rotatable bonds is 4. The fraction of sp³-hybridized carbons (Fsp3) is 0.545. The summed E-state index contributed by atoms with van der Waals surface area (Å²) < 4.78 is 0. The number of nitrogens with zero attached hydrogens (tertiary/aromatic N) is 3. The summed E-state index contributed by atoms with van der Waals surface area (Å²) in [6.07, 6.45) is 4.54. The first-order valence-corrected chi connectivity index (χ1v) is 6.15. The molecule has 3 rings (SSSR count). The third-order valence-electron chi connectivity index (χ3n) is 2.81. The van der Waals surface area contributed by atoms with Gasteiger partial charge in [0.2, 0.25) is 5.95 Å². The second-order valence-corrected chi connectivity index (χ2v) is 4.87. The Kier molecular flexibility index (Phi) is 2.52. The molecule has 5 nitrogen and oxygen atoms in total. The van der Waals surface area contributed by atoms with E-state index in [2.05, 4.69) is 20.6 Å². The van der Waals surface area contributed by atoms with Gasteiger partial charge in [0.25, 0.3) is 0 Å². The molecular formula is C11H12ClN5. The lowest BCUT2D eigenvalue weighted by Gasteiger charge is -2.09. The van der Waals surface area contributed by atoms with Crippen LogP contribution in [0, 0.1) is 11.3 Å². The SMILES string of the molecule is N#Cc1c(Cl)nc(NC2CC2)nc1NC1CC1. The molecule has 0 atom stereocenters. The topological polar surface area (TPSA) is 73.6 Å². The molecule has 6 heteroatoms. The lowest BCUT2D eigenvalue weighted by atomic mass is 10.3. The van der Waals surface area contributed by atoms with Gasteiger partial charge in [-0.15, -0.1) is 0 Å². The molecule has 0 radical (unpaired) electrons. The summed E-state index contributed by atoms with van der Waals surface area (Å²) in [4.78, 5) is 8.42. The van der Waals surface area contributed by atoms with E-state index >= 15 is 0 Å². The minimum atomic E-state index is 0.216. The maximum Gasteiger partial charge on any atom is 0.226 e. The van der Waals surface area contributed by atoms with Gasteiger partial charge in [0, 0.05) is 12.1 Å². The Hall–Kier alpha value is -1.54. The highest BCUT2D eigenvalue weighted by atomic mass is 35.5. The number of hydrogen-bond acceptors (Lipinski definition) is 5. The zero-order valence-electron chi connectivity index (χ0n) is 9.20. The summed E-state index contributed by atoms with van der Waals surface area (Å²) in [6.45, 7) is 0. The molecule has 1 aromatic rings. The van der Waals surface area contributed by atoms with E-state index in [0.717, 1.165) is 25.7 Å². The van der Waals surface area contributed by atoms with Crippen molar-refractivity contribution < 1.29 is 0 Å². The van der Waals surface area contributed by atoms with E-state index in [1.807, 2.05) is 6.07 Å². The van der Waals surface area contributed by atoms with Gasteiger partial charge in [-0.3, -0.25) is 0 Å². The van der Waals surface area contributed by atoms with Crippen LogP contribution in [0.3, 0.4) is 0 Å². The number of halogens is 1. The Bertz CT molecular complexity index is 487. The molecule has 0 saturated heterocycles. The molecule has 2 N–H and O–H groups in total. The van der Waals surface area contributed by atoms with Crippen LogP contribution in [-0.2, 0) is 0 Å². The Morgan fingerprint density at radius 3 is 2.35 bits per heavy atom. The van der Waals surface area contributed by atoms with E-state index < -0.39 is 0 Å². The van der Waals surface area contributed by atoms with Crippen LogP contribution in [0.25, 0.3) is 0 Å². The summed E-state index contributed by atoms with van der Waals surface area (Å²) in [5, 5.41) is 15.7. The van der Waals surface area contributed by atoms with Gasteiger partial charge in [-0.25, -0.2) is 0 Å². The Labute approximate surface area is 104 Å². The lowest BCUT2D eigenvalue weighted by molar-refractivity contribution is 1.03. The van der Waals surface area contributed by atoms with E-state index in [1.165, 1.54) is 0 Å². The van der Waals surface area contributed by atoms with Gasteiger partial charge in [0.1, 0.15) is 11.6 Å². The Balaban J connectivity index is 1.90. The van der Waals surface area contributed by atoms with Crippen molar-refractivity contribution in [2.75, 3.05) is 10.6 Å². The van der Waals surface area contributed by atoms with Crippen molar-refractivity contribution in [1.29, 1.82) is 5.26 Å². The van der Waals surface area contributed by atoms with Gasteiger partial charge in [-0.05, 0) is 25.7 Å². The summed E-state index contributed by atoms with van der Waals surface area (Å²) in [5.74, 6) is 1.07. The fourth-order valence-corrected chi connectivity index (χ4v) is 1.74. The highest BCUT2D eigenvalue weighted by molar-refractivity contribution is 6.31. The van der Waals surface area contributed by atoms with E-state index in [9.17, 15) is 0 Å². The first-order valence-electron chi connectivity index (χ1n) is 5.77. The van der Waals surface area contributed by atoms with E-state index in [-0.39, 0.29) is 5.15 Å². The zero-order chi connectivity index (χ0) is 11.8. The quantitative estimate of drug-likeness (QED) is 0.800. The monoisotopic (exact) mass is 249 g/mol. The lowest BCUT2D eigenvalue weighted by Crippen LogP contribution is -2.11. The van der Waals surface area contributed by atoms with Gasteiger partial charge < -0.3 is 10.6 Å². The minimum Gasteiger partial charge on any atom is -0.366 e. The first-order chi connectivity index (χ1) is 8.26. The van der Waals surface area contributed by atoms with Gasteiger partial charge in [0.15, 0.2) is 11.0 Å². The zero-order valence-corrected chi connectivity index (χ0v) is 9.96. The van der Waals surface area contributed by atoms with Crippen molar-refractivity contribution in [3.8, 4) is 6.07 Å². The summed E-state index contributed by atoms with van der Waals surface area (Å²) in [7, 11) is 0. The van der Waals surface area contributed by atoms with Crippen LogP contribution in [0.15, 0.2) is 0 Å². The molecule has 2 fully saturated rings. The van der Waals surface area contributed by atoms with Crippen LogP contribution >= 0.6 is 11.6 Å². The molecule has 17 heavy (non-hydrogen) atoms. The molecule has 2 saturated carbocycles. The Morgan fingerprint density at radius 2 is 1.76 bits per heavy atom. The van der Waals surface area contributed by atoms with Crippen LogP contribution in [-0.4, -0.2) is 22.1 Å². The van der Waals surface area contributed by atoms with Crippen LogP contribution < -0.4 is 10.6 Å². The summed E-state index contributed by atoms with van der Waals surface area (Å²) >= 11 is 5.99. The number of hydrogen-bond donors (Lipinski definition) is 2. The predicted octanol–water partition coefficient (Wildman–Crippen LogP) is 2.15. The molecule has 0 unspecified atom stereocenters. The van der Waals surface area contributed by atoms with Crippen LogP contribution in [0.5, 0.6) is 0 Å². The normalized spacial score (nSPS) is 18.6. The predicted molar refractivity (Wildman–Crippen MR) is 65.0 cm³/mol. The molecule has 1 heterocycles. The average Bonchev–Trinajstić information content (AvgIpc) is 3.13. The highest BCUT2D eigenvalue weighted by Gasteiger charge is 2.26. The van der Waals surface area contributed by atoms with Gasteiger partial charge >= 0.3 is 0 Å². The second-order valence-electron chi connectivity index (χ2n) is 4.51. The van der Waals surface area contributed by atoms with Crippen LogP contribution in [0.2, 0.25) is 5.15 Å². The number of anilines is 2. The van der Waals surface area contributed by atoms with Crippen molar-refractivity contribution in [1.82, 2.24) is 9.97 Å². The Morgan fingerprint density at radius 1 is 1.12 bits per heavy atom. The maximum absolute atomic E-state index is 9.04. The van der Waals surface area contributed by atoms with Crippen LogP contribution in [0.4, 0.5) is 11.8 Å². The first kappa shape index (κ1) is 10.6. The van der Waals surface area contributed by atoms with E-state index in [4.69, 9.17) is 16.9 Å². The van der Waals surface area contributed by atoms with Crippen molar-refractivity contribution >= 4 is 23.4 Å². The van der Waals surface area contributed by atoms with Gasteiger partial charge in [-0.1, -0.05) is 11.6 Å². The maximum atomic E-state index is 9.04. The van der Waals surface area contributed by atoms with Crippen molar-refractivity contribution in [2.45, 2.75) is 37.8 Å². The fourth-order valence-electron chi connectivity index (χ4n) is 1.53. The number of nitriles is 1. The van der Waals surface area contributed by atoms with Gasteiger partial charge in [-0.2, -0.15) is 15.2 Å². The van der Waals surface area contributed by atoms with Gasteiger partial charge in [0.05, 0.1) is 0 Å². The van der Waals surface area contributed by atoms with Crippen LogP contribution in [0.1, 0.15) is 31.2 Å². The van der Waals surface area contributed by atoms with E-state index in [0.29, 0.717) is 29.4 Å².